The number of carbonyl (C=O) groups is 1. The van der Waals surface area contributed by atoms with E-state index in [9.17, 15) is 4.79 Å². The fourth-order valence-corrected chi connectivity index (χ4v) is 2.42. The number of aromatic nitrogens is 1. The van der Waals surface area contributed by atoms with Crippen molar-refractivity contribution < 1.29 is 4.79 Å². The number of hydrogen-bond acceptors (Lipinski definition) is 4. The van der Waals surface area contributed by atoms with E-state index in [1.165, 1.54) is 0 Å². The number of amides is 1. The van der Waals surface area contributed by atoms with Crippen molar-refractivity contribution in [3.05, 3.63) is 42.3 Å². The van der Waals surface area contributed by atoms with Crippen molar-refractivity contribution in [2.45, 2.75) is 13.8 Å². The molecule has 21 heavy (non-hydrogen) atoms. The molecule has 0 unspecified atom stereocenters. The molecule has 0 aliphatic heterocycles. The van der Waals surface area contributed by atoms with E-state index in [0.717, 1.165) is 22.1 Å². The van der Waals surface area contributed by atoms with E-state index in [1.54, 1.807) is 17.4 Å². The average Bonchev–Trinajstić information content (AvgIpc) is 2.94. The van der Waals surface area contributed by atoms with Crippen LogP contribution in [0, 0.1) is 5.92 Å². The zero-order valence-electron chi connectivity index (χ0n) is 12.2. The molecule has 0 atom stereocenters. The number of nitrogens with one attached hydrogen (secondary N) is 2. The second-order valence-electron chi connectivity index (χ2n) is 4.93. The summed E-state index contributed by atoms with van der Waals surface area (Å²) < 4.78 is 0. The SMILES string of the molecule is C=CCNc1nc(-c2cccc(NC(=O)C(C)C)c2)cs1. The molecule has 1 heterocycles. The molecule has 0 aliphatic carbocycles. The lowest BCUT2D eigenvalue weighted by Gasteiger charge is -2.08. The van der Waals surface area contributed by atoms with Gasteiger partial charge in [-0.2, -0.15) is 0 Å². The van der Waals surface area contributed by atoms with E-state index >= 15 is 0 Å². The van der Waals surface area contributed by atoms with E-state index in [2.05, 4.69) is 22.2 Å². The molecule has 1 amide bonds. The van der Waals surface area contributed by atoms with E-state index in [-0.39, 0.29) is 11.8 Å². The minimum Gasteiger partial charge on any atom is -0.358 e. The Morgan fingerprint density at radius 3 is 3.00 bits per heavy atom. The van der Waals surface area contributed by atoms with Crippen LogP contribution in [-0.4, -0.2) is 17.4 Å². The number of thiazole rings is 1. The first-order valence-electron chi connectivity index (χ1n) is 6.81. The van der Waals surface area contributed by atoms with Gasteiger partial charge in [0.05, 0.1) is 5.69 Å². The van der Waals surface area contributed by atoms with Gasteiger partial charge in [0, 0.05) is 29.1 Å². The van der Waals surface area contributed by atoms with E-state index in [1.807, 2.05) is 43.5 Å². The number of rotatable bonds is 6. The van der Waals surface area contributed by atoms with Crippen molar-refractivity contribution >= 4 is 28.1 Å². The molecule has 0 spiro atoms. The fourth-order valence-electron chi connectivity index (χ4n) is 1.69. The van der Waals surface area contributed by atoms with Crippen LogP contribution in [0.1, 0.15) is 13.8 Å². The Hall–Kier alpha value is -2.14. The molecule has 110 valence electrons. The summed E-state index contributed by atoms with van der Waals surface area (Å²) in [7, 11) is 0. The number of benzene rings is 1. The maximum absolute atomic E-state index is 11.7. The Kier molecular flexibility index (Phi) is 5.11. The Bertz CT molecular complexity index is 634. The smallest absolute Gasteiger partial charge is 0.226 e. The van der Waals surface area contributed by atoms with Crippen LogP contribution in [0.4, 0.5) is 10.8 Å². The van der Waals surface area contributed by atoms with Gasteiger partial charge in [0.2, 0.25) is 5.91 Å². The highest BCUT2D eigenvalue weighted by atomic mass is 32.1. The van der Waals surface area contributed by atoms with Gasteiger partial charge < -0.3 is 10.6 Å². The van der Waals surface area contributed by atoms with E-state index in [4.69, 9.17) is 0 Å². The predicted molar refractivity (Wildman–Crippen MR) is 89.7 cm³/mol. The molecule has 0 saturated carbocycles. The van der Waals surface area contributed by atoms with Gasteiger partial charge in [-0.05, 0) is 12.1 Å². The average molecular weight is 301 g/mol. The van der Waals surface area contributed by atoms with Crippen molar-refractivity contribution in [1.82, 2.24) is 4.98 Å². The summed E-state index contributed by atoms with van der Waals surface area (Å²) in [6, 6.07) is 7.72. The van der Waals surface area contributed by atoms with Gasteiger partial charge in [-0.15, -0.1) is 17.9 Å². The molecule has 0 bridgehead atoms. The quantitative estimate of drug-likeness (QED) is 0.793. The zero-order chi connectivity index (χ0) is 15.2. The summed E-state index contributed by atoms with van der Waals surface area (Å²) in [5.74, 6) is -0.0265. The monoisotopic (exact) mass is 301 g/mol. The van der Waals surface area contributed by atoms with Crippen LogP contribution in [0.15, 0.2) is 42.3 Å². The lowest BCUT2D eigenvalue weighted by molar-refractivity contribution is -0.118. The Morgan fingerprint density at radius 1 is 1.48 bits per heavy atom. The second-order valence-corrected chi connectivity index (χ2v) is 5.79. The second kappa shape index (κ2) is 7.04. The third kappa shape index (κ3) is 4.16. The Morgan fingerprint density at radius 2 is 2.29 bits per heavy atom. The standard InChI is InChI=1S/C16H19N3OS/c1-4-8-17-16-19-14(10-21-16)12-6-5-7-13(9-12)18-15(20)11(2)3/h4-7,9-11H,1,8H2,2-3H3,(H,17,19)(H,18,20). The molecule has 0 saturated heterocycles. The molecule has 2 aromatic rings. The van der Waals surface area contributed by atoms with Crippen LogP contribution in [-0.2, 0) is 4.79 Å². The van der Waals surface area contributed by atoms with E-state index < -0.39 is 0 Å². The van der Waals surface area contributed by atoms with Crippen LogP contribution in [0.5, 0.6) is 0 Å². The highest BCUT2D eigenvalue weighted by Crippen LogP contribution is 2.26. The van der Waals surface area contributed by atoms with Crippen molar-refractivity contribution in [3.63, 3.8) is 0 Å². The molecule has 1 aromatic heterocycles. The van der Waals surface area contributed by atoms with E-state index in [0.29, 0.717) is 6.54 Å². The van der Waals surface area contributed by atoms with Crippen LogP contribution in [0.25, 0.3) is 11.3 Å². The summed E-state index contributed by atoms with van der Waals surface area (Å²) in [4.78, 5) is 16.3. The highest BCUT2D eigenvalue weighted by molar-refractivity contribution is 7.14. The lowest BCUT2D eigenvalue weighted by Crippen LogP contribution is -2.17. The number of carbonyl (C=O) groups excluding carboxylic acids is 1. The van der Waals surface area contributed by atoms with Gasteiger partial charge in [-0.1, -0.05) is 32.1 Å². The van der Waals surface area contributed by atoms with Crippen LogP contribution >= 0.6 is 11.3 Å². The first-order chi connectivity index (χ1) is 10.1. The Labute approximate surface area is 128 Å². The lowest BCUT2D eigenvalue weighted by atomic mass is 10.1. The molecule has 5 heteroatoms. The molecule has 1 aromatic carbocycles. The summed E-state index contributed by atoms with van der Waals surface area (Å²) in [6.45, 7) is 8.10. The number of hydrogen-bond donors (Lipinski definition) is 2. The van der Waals surface area contributed by atoms with Gasteiger partial charge in [-0.3, -0.25) is 4.79 Å². The summed E-state index contributed by atoms with van der Waals surface area (Å²) in [6.07, 6.45) is 1.79. The van der Waals surface area contributed by atoms with Gasteiger partial charge in [0.15, 0.2) is 5.13 Å². The fraction of sp³-hybridized carbons (Fsp3) is 0.250. The minimum atomic E-state index is -0.0392. The van der Waals surface area contributed by atoms with Crippen LogP contribution < -0.4 is 10.6 Å². The maximum atomic E-state index is 11.7. The molecule has 0 radical (unpaired) electrons. The molecule has 4 nitrogen and oxygen atoms in total. The maximum Gasteiger partial charge on any atom is 0.226 e. The zero-order valence-corrected chi connectivity index (χ0v) is 13.0. The summed E-state index contributed by atoms with van der Waals surface area (Å²) in [5, 5.41) is 8.92. The third-order valence-corrected chi connectivity index (χ3v) is 3.65. The normalized spacial score (nSPS) is 10.4. The van der Waals surface area contributed by atoms with Gasteiger partial charge in [0.25, 0.3) is 0 Å². The van der Waals surface area contributed by atoms with Crippen molar-refractivity contribution in [2.75, 3.05) is 17.2 Å². The molecule has 2 rings (SSSR count). The van der Waals surface area contributed by atoms with Crippen LogP contribution in [0.3, 0.4) is 0 Å². The topological polar surface area (TPSA) is 54.0 Å². The molecular formula is C16H19N3OS. The molecule has 2 N–H and O–H groups in total. The highest BCUT2D eigenvalue weighted by Gasteiger charge is 2.09. The molecular weight excluding hydrogens is 282 g/mol. The summed E-state index contributed by atoms with van der Waals surface area (Å²) >= 11 is 1.55. The largest absolute Gasteiger partial charge is 0.358 e. The van der Waals surface area contributed by atoms with Gasteiger partial charge in [-0.25, -0.2) is 4.98 Å². The molecule has 0 aliphatic rings. The molecule has 0 fully saturated rings. The number of nitrogens with zero attached hydrogens (tertiary/aromatic N) is 1. The Balaban J connectivity index is 2.15. The number of anilines is 2. The third-order valence-electron chi connectivity index (χ3n) is 2.85. The predicted octanol–water partition coefficient (Wildman–Crippen LogP) is 4.00. The van der Waals surface area contributed by atoms with Crippen molar-refractivity contribution in [3.8, 4) is 11.3 Å². The minimum absolute atomic E-state index is 0.0127. The van der Waals surface area contributed by atoms with Crippen LogP contribution in [0.2, 0.25) is 0 Å². The van der Waals surface area contributed by atoms with Crippen molar-refractivity contribution in [1.29, 1.82) is 0 Å². The van der Waals surface area contributed by atoms with Gasteiger partial charge in [0.1, 0.15) is 0 Å². The first-order valence-corrected chi connectivity index (χ1v) is 7.69. The van der Waals surface area contributed by atoms with Crippen molar-refractivity contribution in [2.24, 2.45) is 5.92 Å². The van der Waals surface area contributed by atoms with Gasteiger partial charge >= 0.3 is 0 Å². The summed E-state index contributed by atoms with van der Waals surface area (Å²) in [5.41, 5.74) is 2.67. The first kappa shape index (κ1) is 15.3.